The van der Waals surface area contributed by atoms with E-state index in [1.165, 1.54) is 25.3 Å². The van der Waals surface area contributed by atoms with Crippen LogP contribution in [0.25, 0.3) is 0 Å². The highest BCUT2D eigenvalue weighted by Crippen LogP contribution is 2.37. The van der Waals surface area contributed by atoms with E-state index in [1.807, 2.05) is 12.1 Å². The molecule has 104 valence electrons. The summed E-state index contributed by atoms with van der Waals surface area (Å²) in [5.41, 5.74) is 1.31. The van der Waals surface area contributed by atoms with Crippen LogP contribution >= 0.6 is 0 Å². The molecule has 0 radical (unpaired) electrons. The Morgan fingerprint density at radius 3 is 2.37 bits per heavy atom. The Kier molecular flexibility index (Phi) is 4.25. The molecule has 3 heteroatoms. The molecule has 0 spiro atoms. The van der Waals surface area contributed by atoms with E-state index in [-0.39, 0.29) is 5.97 Å². The molecule has 1 heterocycles. The summed E-state index contributed by atoms with van der Waals surface area (Å²) in [6.07, 6.45) is 2.46. The normalized spacial score (nSPS) is 23.8. The predicted octanol–water partition coefficient (Wildman–Crippen LogP) is 3.40. The van der Waals surface area contributed by atoms with Crippen LogP contribution in [0, 0.1) is 5.92 Å². The lowest BCUT2D eigenvalue weighted by Crippen LogP contribution is -2.31. The minimum absolute atomic E-state index is 0.273. The third kappa shape index (κ3) is 3.16. The van der Waals surface area contributed by atoms with Crippen LogP contribution in [-0.2, 0) is 4.79 Å². The van der Waals surface area contributed by atoms with Gasteiger partial charge in [0.05, 0.1) is 0 Å². The molecule has 1 aliphatic rings. The number of ether oxygens (including phenoxy) is 1. The fraction of sp³-hybridized carbons (Fsp3) is 0.562. The second-order valence-electron chi connectivity index (χ2n) is 5.73. The summed E-state index contributed by atoms with van der Waals surface area (Å²) in [5, 5.41) is 0. The van der Waals surface area contributed by atoms with Gasteiger partial charge in [-0.15, -0.1) is 0 Å². The molecule has 3 nitrogen and oxygen atoms in total. The first-order valence-corrected chi connectivity index (χ1v) is 6.99. The molecule has 1 fully saturated rings. The number of hydrogen-bond donors (Lipinski definition) is 0. The minimum atomic E-state index is -0.273. The third-order valence-electron chi connectivity index (χ3n) is 4.05. The van der Waals surface area contributed by atoms with Crippen LogP contribution in [0.2, 0.25) is 0 Å². The van der Waals surface area contributed by atoms with Gasteiger partial charge in [-0.1, -0.05) is 26.0 Å². The zero-order valence-electron chi connectivity index (χ0n) is 12.2. The number of carbonyl (C=O) groups excluding carboxylic acids is 1. The van der Waals surface area contributed by atoms with Crippen molar-refractivity contribution in [2.75, 3.05) is 7.05 Å². The third-order valence-corrected chi connectivity index (χ3v) is 4.05. The molecule has 2 atom stereocenters. The summed E-state index contributed by atoms with van der Waals surface area (Å²) in [7, 11) is 2.21. The number of esters is 1. The van der Waals surface area contributed by atoms with E-state index >= 15 is 0 Å². The highest BCUT2D eigenvalue weighted by Gasteiger charge is 2.32. The Morgan fingerprint density at radius 2 is 1.89 bits per heavy atom. The molecule has 0 bridgehead atoms. The summed E-state index contributed by atoms with van der Waals surface area (Å²) in [6.45, 7) is 5.99. The van der Waals surface area contributed by atoms with Crippen LogP contribution in [0.5, 0.6) is 5.75 Å². The molecular formula is C16H23NO2. The molecule has 1 aromatic rings. The van der Waals surface area contributed by atoms with E-state index in [2.05, 4.69) is 37.9 Å². The average Bonchev–Trinajstić information content (AvgIpc) is 2.71. The number of hydrogen-bond acceptors (Lipinski definition) is 3. The zero-order valence-corrected chi connectivity index (χ0v) is 12.2. The van der Waals surface area contributed by atoms with Gasteiger partial charge in [-0.05, 0) is 43.5 Å². The highest BCUT2D eigenvalue weighted by molar-refractivity contribution is 5.69. The van der Waals surface area contributed by atoms with Gasteiger partial charge in [0.2, 0.25) is 0 Å². The molecule has 1 aromatic carbocycles. The monoisotopic (exact) mass is 261 g/mol. The van der Waals surface area contributed by atoms with E-state index in [4.69, 9.17) is 4.74 Å². The second kappa shape index (κ2) is 5.74. The van der Waals surface area contributed by atoms with Crippen molar-refractivity contribution in [2.45, 2.75) is 45.7 Å². The first-order valence-electron chi connectivity index (χ1n) is 6.99. The lowest BCUT2D eigenvalue weighted by molar-refractivity contribution is -0.131. The zero-order chi connectivity index (χ0) is 14.0. The Labute approximate surface area is 115 Å². The maximum atomic E-state index is 10.9. The summed E-state index contributed by atoms with van der Waals surface area (Å²) in [5.74, 6) is 1.04. The summed E-state index contributed by atoms with van der Waals surface area (Å²) in [4.78, 5) is 13.4. The quantitative estimate of drug-likeness (QED) is 0.617. The van der Waals surface area contributed by atoms with Gasteiger partial charge in [0.1, 0.15) is 5.75 Å². The van der Waals surface area contributed by atoms with Crippen molar-refractivity contribution < 1.29 is 9.53 Å². The molecule has 0 unspecified atom stereocenters. The van der Waals surface area contributed by atoms with Gasteiger partial charge < -0.3 is 4.74 Å². The number of rotatable bonds is 3. The Balaban J connectivity index is 2.09. The number of benzene rings is 1. The first-order chi connectivity index (χ1) is 8.99. The molecule has 0 aliphatic carbocycles. The maximum absolute atomic E-state index is 10.9. The fourth-order valence-electron chi connectivity index (χ4n) is 3.10. The van der Waals surface area contributed by atoms with Crippen LogP contribution in [0.1, 0.15) is 45.2 Å². The van der Waals surface area contributed by atoms with E-state index in [0.29, 0.717) is 23.8 Å². The standard InChI is InChI=1S/C16H23NO2/c1-11(2)15-9-10-16(17(15)4)13-5-7-14(8-6-13)19-12(3)18/h5-8,11,15-16H,9-10H2,1-4H3/t15-,16+/m0/s1. The molecule has 0 N–H and O–H groups in total. The van der Waals surface area contributed by atoms with Crippen LogP contribution in [0.15, 0.2) is 24.3 Å². The van der Waals surface area contributed by atoms with Crippen LogP contribution in [-0.4, -0.2) is 24.0 Å². The van der Waals surface area contributed by atoms with E-state index in [9.17, 15) is 4.79 Å². The van der Waals surface area contributed by atoms with Crippen LogP contribution in [0.4, 0.5) is 0 Å². The lowest BCUT2D eigenvalue weighted by Gasteiger charge is -2.28. The van der Waals surface area contributed by atoms with Crippen molar-refractivity contribution in [3.63, 3.8) is 0 Å². The SMILES string of the molecule is CC(=O)Oc1ccc([C@H]2CC[C@@H](C(C)C)N2C)cc1. The van der Waals surface area contributed by atoms with Crippen molar-refractivity contribution in [3.8, 4) is 5.75 Å². The summed E-state index contributed by atoms with van der Waals surface area (Å²) in [6, 6.07) is 9.06. The summed E-state index contributed by atoms with van der Waals surface area (Å²) >= 11 is 0. The molecule has 1 saturated heterocycles. The van der Waals surface area contributed by atoms with Gasteiger partial charge in [-0.3, -0.25) is 9.69 Å². The van der Waals surface area contributed by atoms with Gasteiger partial charge in [0.15, 0.2) is 0 Å². The van der Waals surface area contributed by atoms with Gasteiger partial charge in [0, 0.05) is 19.0 Å². The van der Waals surface area contributed by atoms with Crippen molar-refractivity contribution in [1.82, 2.24) is 4.90 Å². The molecule has 19 heavy (non-hydrogen) atoms. The highest BCUT2D eigenvalue weighted by atomic mass is 16.5. The second-order valence-corrected chi connectivity index (χ2v) is 5.73. The molecule has 1 aliphatic heterocycles. The molecule has 0 aromatic heterocycles. The molecule has 2 rings (SSSR count). The van der Waals surface area contributed by atoms with Gasteiger partial charge in [-0.2, -0.15) is 0 Å². The smallest absolute Gasteiger partial charge is 0.308 e. The van der Waals surface area contributed by atoms with Crippen LogP contribution in [0.3, 0.4) is 0 Å². The van der Waals surface area contributed by atoms with Gasteiger partial charge in [-0.25, -0.2) is 0 Å². The van der Waals surface area contributed by atoms with E-state index in [1.54, 1.807) is 0 Å². The lowest BCUT2D eigenvalue weighted by atomic mass is 10.0. The number of nitrogens with zero attached hydrogens (tertiary/aromatic N) is 1. The fourth-order valence-corrected chi connectivity index (χ4v) is 3.10. The number of carbonyl (C=O) groups is 1. The van der Waals surface area contributed by atoms with Gasteiger partial charge >= 0.3 is 5.97 Å². The molecular weight excluding hydrogens is 238 g/mol. The molecule has 0 amide bonds. The largest absolute Gasteiger partial charge is 0.427 e. The van der Waals surface area contributed by atoms with E-state index in [0.717, 1.165) is 0 Å². The predicted molar refractivity (Wildman–Crippen MR) is 76.1 cm³/mol. The number of likely N-dealkylation sites (tertiary alicyclic amines) is 1. The summed E-state index contributed by atoms with van der Waals surface area (Å²) < 4.78 is 5.07. The Morgan fingerprint density at radius 1 is 1.26 bits per heavy atom. The first kappa shape index (κ1) is 14.1. The van der Waals surface area contributed by atoms with Crippen molar-refractivity contribution in [1.29, 1.82) is 0 Å². The van der Waals surface area contributed by atoms with Crippen molar-refractivity contribution >= 4 is 5.97 Å². The Bertz CT molecular complexity index is 439. The Hall–Kier alpha value is -1.35. The molecule has 0 saturated carbocycles. The van der Waals surface area contributed by atoms with E-state index < -0.39 is 0 Å². The maximum Gasteiger partial charge on any atom is 0.308 e. The minimum Gasteiger partial charge on any atom is -0.427 e. The van der Waals surface area contributed by atoms with Crippen molar-refractivity contribution in [3.05, 3.63) is 29.8 Å². The topological polar surface area (TPSA) is 29.5 Å². The van der Waals surface area contributed by atoms with Crippen molar-refractivity contribution in [2.24, 2.45) is 5.92 Å². The van der Waals surface area contributed by atoms with Gasteiger partial charge in [0.25, 0.3) is 0 Å². The van der Waals surface area contributed by atoms with Crippen LogP contribution < -0.4 is 4.74 Å². The average molecular weight is 261 g/mol.